The van der Waals surface area contributed by atoms with Crippen LogP contribution in [0.2, 0.25) is 0 Å². The number of aryl methyl sites for hydroxylation is 2. The smallest absolute Gasteiger partial charge is 0.309 e. The molecule has 0 spiro atoms. The minimum absolute atomic E-state index is 0.00861. The summed E-state index contributed by atoms with van der Waals surface area (Å²) in [5.74, 6) is -0.833. The van der Waals surface area contributed by atoms with Gasteiger partial charge in [0.15, 0.2) is 0 Å². The third-order valence-corrected chi connectivity index (χ3v) is 1.81. The van der Waals surface area contributed by atoms with Crippen molar-refractivity contribution in [1.29, 1.82) is 0 Å². The summed E-state index contributed by atoms with van der Waals surface area (Å²) in [6, 6.07) is 3.83. The molecule has 1 N–H and O–H groups in total. The van der Waals surface area contributed by atoms with E-state index in [9.17, 15) is 4.79 Å². The van der Waals surface area contributed by atoms with Gasteiger partial charge in [-0.3, -0.25) is 9.78 Å². The summed E-state index contributed by atoms with van der Waals surface area (Å²) >= 11 is 0. The molecule has 0 saturated carbocycles. The predicted octanol–water partition coefficient (Wildman–Crippen LogP) is 1.58. The Balaban J connectivity index is 2.94. The highest BCUT2D eigenvalue weighted by Crippen LogP contribution is 2.06. The second-order valence-corrected chi connectivity index (χ2v) is 3.03. The molecule has 0 fully saturated rings. The van der Waals surface area contributed by atoms with Crippen LogP contribution >= 0.6 is 0 Å². The fraction of sp³-hybridized carbons (Fsp3) is 0.400. The predicted molar refractivity (Wildman–Crippen MR) is 49.7 cm³/mol. The van der Waals surface area contributed by atoms with Gasteiger partial charge in [-0.1, -0.05) is 6.92 Å². The van der Waals surface area contributed by atoms with Gasteiger partial charge in [-0.15, -0.1) is 0 Å². The minimum Gasteiger partial charge on any atom is -0.481 e. The molecule has 0 radical (unpaired) electrons. The van der Waals surface area contributed by atoms with Crippen molar-refractivity contribution < 1.29 is 9.90 Å². The molecule has 1 heterocycles. The number of aromatic nitrogens is 1. The lowest BCUT2D eigenvalue weighted by Gasteiger charge is -2.02. The first kappa shape index (κ1) is 9.71. The molecule has 1 aromatic heterocycles. The van der Waals surface area contributed by atoms with Gasteiger partial charge in [-0.05, 0) is 31.0 Å². The van der Waals surface area contributed by atoms with Crippen molar-refractivity contribution in [3.8, 4) is 0 Å². The van der Waals surface area contributed by atoms with Crippen molar-refractivity contribution in [2.45, 2.75) is 26.7 Å². The van der Waals surface area contributed by atoms with Crippen LogP contribution in [-0.2, 0) is 17.6 Å². The highest BCUT2D eigenvalue weighted by Gasteiger charge is 2.03. The number of pyridine rings is 1. The molecule has 1 aromatic rings. The van der Waals surface area contributed by atoms with E-state index in [1.54, 1.807) is 0 Å². The summed E-state index contributed by atoms with van der Waals surface area (Å²) in [6.45, 7) is 3.92. The third-order valence-electron chi connectivity index (χ3n) is 1.81. The van der Waals surface area contributed by atoms with Gasteiger partial charge in [-0.2, -0.15) is 0 Å². The summed E-state index contributed by atoms with van der Waals surface area (Å²) in [6.07, 6.45) is 0.921. The molecular formula is C10H13NO2. The quantitative estimate of drug-likeness (QED) is 0.766. The van der Waals surface area contributed by atoms with Crippen LogP contribution in [0.15, 0.2) is 12.1 Å². The van der Waals surface area contributed by atoms with Crippen molar-refractivity contribution in [2.24, 2.45) is 0 Å². The van der Waals surface area contributed by atoms with Crippen LogP contribution in [0, 0.1) is 6.92 Å². The van der Waals surface area contributed by atoms with Crippen molar-refractivity contribution in [3.05, 3.63) is 29.1 Å². The van der Waals surface area contributed by atoms with E-state index >= 15 is 0 Å². The van der Waals surface area contributed by atoms with Gasteiger partial charge < -0.3 is 5.11 Å². The molecule has 0 unspecified atom stereocenters. The van der Waals surface area contributed by atoms with E-state index in [1.165, 1.54) is 0 Å². The molecule has 0 amide bonds. The molecule has 3 heteroatoms. The lowest BCUT2D eigenvalue weighted by atomic mass is 10.1. The van der Waals surface area contributed by atoms with Gasteiger partial charge in [0.2, 0.25) is 0 Å². The minimum atomic E-state index is -0.833. The zero-order valence-corrected chi connectivity index (χ0v) is 7.87. The number of nitrogens with zero attached hydrogens (tertiary/aromatic N) is 1. The molecule has 0 aliphatic carbocycles. The van der Waals surface area contributed by atoms with Crippen LogP contribution in [0.1, 0.15) is 23.9 Å². The number of hydrogen-bond acceptors (Lipinski definition) is 2. The fourth-order valence-corrected chi connectivity index (χ4v) is 1.26. The number of carbonyl (C=O) groups is 1. The van der Waals surface area contributed by atoms with Crippen LogP contribution in [0.5, 0.6) is 0 Å². The molecule has 0 atom stereocenters. The van der Waals surface area contributed by atoms with Gasteiger partial charge in [-0.25, -0.2) is 0 Å². The molecule has 0 saturated heterocycles. The topological polar surface area (TPSA) is 50.2 Å². The molecule has 0 aromatic carbocycles. The maximum atomic E-state index is 10.4. The van der Waals surface area contributed by atoms with Gasteiger partial charge >= 0.3 is 5.97 Å². The second-order valence-electron chi connectivity index (χ2n) is 3.03. The first-order valence-electron chi connectivity index (χ1n) is 4.30. The summed E-state index contributed by atoms with van der Waals surface area (Å²) in [7, 11) is 0. The Kier molecular flexibility index (Phi) is 3.01. The van der Waals surface area contributed by atoms with E-state index in [0.717, 1.165) is 17.7 Å². The van der Waals surface area contributed by atoms with Crippen molar-refractivity contribution >= 4 is 5.97 Å². The lowest BCUT2D eigenvalue weighted by Crippen LogP contribution is -2.04. The van der Waals surface area contributed by atoms with Crippen LogP contribution in [-0.4, -0.2) is 16.1 Å². The van der Waals surface area contributed by atoms with E-state index < -0.39 is 5.97 Å². The normalized spacial score (nSPS) is 10.0. The van der Waals surface area contributed by atoms with E-state index in [-0.39, 0.29) is 6.42 Å². The zero-order valence-electron chi connectivity index (χ0n) is 7.87. The van der Waals surface area contributed by atoms with E-state index in [1.807, 2.05) is 26.0 Å². The molecular weight excluding hydrogens is 166 g/mol. The fourth-order valence-electron chi connectivity index (χ4n) is 1.26. The van der Waals surface area contributed by atoms with Gasteiger partial charge in [0.05, 0.1) is 12.1 Å². The SMILES string of the molecule is CCc1cc(C)nc(CC(=O)O)c1. The summed E-state index contributed by atoms with van der Waals surface area (Å²) in [5.41, 5.74) is 2.67. The number of hydrogen-bond donors (Lipinski definition) is 1. The number of carboxylic acid groups (broad SMARTS) is 1. The molecule has 3 nitrogen and oxygen atoms in total. The van der Waals surface area contributed by atoms with E-state index in [4.69, 9.17) is 5.11 Å². The molecule has 0 aliphatic rings. The average Bonchev–Trinajstić information content (AvgIpc) is 2.01. The van der Waals surface area contributed by atoms with Crippen molar-refractivity contribution in [1.82, 2.24) is 4.98 Å². The molecule has 1 rings (SSSR count). The van der Waals surface area contributed by atoms with Gasteiger partial charge in [0.25, 0.3) is 0 Å². The Labute approximate surface area is 77.4 Å². The summed E-state index contributed by atoms with van der Waals surface area (Å²) in [4.78, 5) is 14.6. The van der Waals surface area contributed by atoms with Gasteiger partial charge in [0.1, 0.15) is 0 Å². The van der Waals surface area contributed by atoms with Gasteiger partial charge in [0, 0.05) is 5.69 Å². The maximum Gasteiger partial charge on any atom is 0.309 e. The highest BCUT2D eigenvalue weighted by atomic mass is 16.4. The standard InChI is InChI=1S/C10H13NO2/c1-3-8-4-7(2)11-9(5-8)6-10(12)13/h4-5H,3,6H2,1-2H3,(H,12,13). The van der Waals surface area contributed by atoms with Crippen molar-refractivity contribution in [2.75, 3.05) is 0 Å². The first-order chi connectivity index (χ1) is 6.11. The monoisotopic (exact) mass is 179 g/mol. The number of carboxylic acids is 1. The Morgan fingerprint density at radius 1 is 1.54 bits per heavy atom. The largest absolute Gasteiger partial charge is 0.481 e. The third kappa shape index (κ3) is 2.86. The molecule has 70 valence electrons. The van der Waals surface area contributed by atoms with E-state index in [0.29, 0.717) is 5.69 Å². The number of rotatable bonds is 3. The average molecular weight is 179 g/mol. The first-order valence-corrected chi connectivity index (χ1v) is 4.30. The Bertz CT molecular complexity index is 321. The number of aliphatic carboxylic acids is 1. The lowest BCUT2D eigenvalue weighted by molar-refractivity contribution is -0.136. The van der Waals surface area contributed by atoms with Crippen molar-refractivity contribution in [3.63, 3.8) is 0 Å². The Hall–Kier alpha value is -1.38. The van der Waals surface area contributed by atoms with Crippen LogP contribution in [0.4, 0.5) is 0 Å². The Morgan fingerprint density at radius 3 is 2.77 bits per heavy atom. The second kappa shape index (κ2) is 4.03. The highest BCUT2D eigenvalue weighted by molar-refractivity contribution is 5.69. The summed E-state index contributed by atoms with van der Waals surface area (Å²) < 4.78 is 0. The maximum absolute atomic E-state index is 10.4. The zero-order chi connectivity index (χ0) is 9.84. The molecule has 0 aliphatic heterocycles. The Morgan fingerprint density at radius 2 is 2.23 bits per heavy atom. The van der Waals surface area contributed by atoms with E-state index in [2.05, 4.69) is 4.98 Å². The molecule has 13 heavy (non-hydrogen) atoms. The van der Waals surface area contributed by atoms with Crippen LogP contribution in [0.25, 0.3) is 0 Å². The molecule has 0 bridgehead atoms. The van der Waals surface area contributed by atoms with Crippen LogP contribution < -0.4 is 0 Å². The van der Waals surface area contributed by atoms with Crippen LogP contribution in [0.3, 0.4) is 0 Å². The summed E-state index contributed by atoms with van der Waals surface area (Å²) in [5, 5.41) is 8.58.